The van der Waals surface area contributed by atoms with Gasteiger partial charge in [-0.3, -0.25) is 0 Å². The lowest BCUT2D eigenvalue weighted by Crippen LogP contribution is -2.11. The molecule has 0 aliphatic rings. The Bertz CT molecular complexity index is 383. The summed E-state index contributed by atoms with van der Waals surface area (Å²) in [4.78, 5) is 11.3. The number of para-hydroxylation sites is 1. The standard InChI is InChI=1S/C11H10O2S/c1-8-5-3-4-6-10(8)13-11(12)9(2)7-14/h3-7H,2H2,1H3. The second-order valence-corrected chi connectivity index (χ2v) is 3.03. The molecular formula is C11H10O2S. The summed E-state index contributed by atoms with van der Waals surface area (Å²) < 4.78 is 5.06. The maximum Gasteiger partial charge on any atom is 0.343 e. The highest BCUT2D eigenvalue weighted by molar-refractivity contribution is 7.79. The zero-order chi connectivity index (χ0) is 10.6. The van der Waals surface area contributed by atoms with Gasteiger partial charge in [0.2, 0.25) is 0 Å². The minimum absolute atomic E-state index is 0.184. The molecule has 0 aliphatic carbocycles. The lowest BCUT2D eigenvalue weighted by atomic mass is 10.2. The Labute approximate surface area is 88.2 Å². The molecule has 0 bridgehead atoms. The molecule has 0 spiro atoms. The fourth-order valence-corrected chi connectivity index (χ4v) is 0.981. The molecule has 1 aromatic rings. The van der Waals surface area contributed by atoms with Crippen molar-refractivity contribution in [3.63, 3.8) is 0 Å². The lowest BCUT2D eigenvalue weighted by molar-refractivity contribution is -0.129. The van der Waals surface area contributed by atoms with Gasteiger partial charge >= 0.3 is 5.97 Å². The Hall–Kier alpha value is -1.48. The van der Waals surface area contributed by atoms with Crippen molar-refractivity contribution in [3.8, 4) is 5.75 Å². The number of benzene rings is 1. The molecule has 0 unspecified atom stereocenters. The average molecular weight is 206 g/mol. The molecule has 0 aliphatic heterocycles. The highest BCUT2D eigenvalue weighted by atomic mass is 32.1. The maximum absolute atomic E-state index is 11.3. The summed E-state index contributed by atoms with van der Waals surface area (Å²) in [5.74, 6) is 0.0322. The third kappa shape index (κ3) is 2.50. The lowest BCUT2D eigenvalue weighted by Gasteiger charge is -2.05. The molecule has 0 heterocycles. The fraction of sp³-hybridized carbons (Fsp3) is 0.0909. The van der Waals surface area contributed by atoms with Crippen LogP contribution in [0.3, 0.4) is 0 Å². The Balaban J connectivity index is 2.79. The highest BCUT2D eigenvalue weighted by Gasteiger charge is 2.08. The molecule has 14 heavy (non-hydrogen) atoms. The van der Waals surface area contributed by atoms with Crippen molar-refractivity contribution in [1.82, 2.24) is 0 Å². The van der Waals surface area contributed by atoms with Gasteiger partial charge in [0, 0.05) is 5.37 Å². The zero-order valence-electron chi connectivity index (χ0n) is 7.82. The first-order valence-electron chi connectivity index (χ1n) is 4.07. The number of ether oxygens (including phenoxy) is 1. The molecule has 0 radical (unpaired) electrons. The van der Waals surface area contributed by atoms with Crippen molar-refractivity contribution >= 4 is 23.6 Å². The number of hydrogen-bond donors (Lipinski definition) is 0. The van der Waals surface area contributed by atoms with Gasteiger partial charge < -0.3 is 4.74 Å². The van der Waals surface area contributed by atoms with E-state index in [1.807, 2.05) is 19.1 Å². The quantitative estimate of drug-likeness (QED) is 0.329. The van der Waals surface area contributed by atoms with Crippen molar-refractivity contribution in [3.05, 3.63) is 42.0 Å². The molecule has 0 saturated heterocycles. The van der Waals surface area contributed by atoms with Gasteiger partial charge in [-0.15, -0.1) is 0 Å². The van der Waals surface area contributed by atoms with E-state index in [1.165, 1.54) is 5.37 Å². The smallest absolute Gasteiger partial charge is 0.343 e. The second kappa shape index (κ2) is 4.67. The van der Waals surface area contributed by atoms with Crippen LogP contribution in [0.5, 0.6) is 5.75 Å². The summed E-state index contributed by atoms with van der Waals surface area (Å²) in [5, 5.41) is 1.21. The van der Waals surface area contributed by atoms with Crippen molar-refractivity contribution < 1.29 is 9.53 Å². The van der Waals surface area contributed by atoms with E-state index >= 15 is 0 Å². The summed E-state index contributed by atoms with van der Waals surface area (Å²) in [7, 11) is 0. The number of rotatable bonds is 3. The molecule has 2 nitrogen and oxygen atoms in total. The van der Waals surface area contributed by atoms with E-state index in [0.29, 0.717) is 5.75 Å². The van der Waals surface area contributed by atoms with E-state index in [0.717, 1.165) is 5.56 Å². The van der Waals surface area contributed by atoms with Crippen LogP contribution in [0, 0.1) is 6.92 Å². The Morgan fingerprint density at radius 2 is 2.14 bits per heavy atom. The first kappa shape index (κ1) is 10.6. The topological polar surface area (TPSA) is 26.3 Å². The van der Waals surface area contributed by atoms with Gasteiger partial charge in [0.05, 0.1) is 5.57 Å². The van der Waals surface area contributed by atoms with E-state index < -0.39 is 5.97 Å². The summed E-state index contributed by atoms with van der Waals surface area (Å²) in [6, 6.07) is 7.27. The van der Waals surface area contributed by atoms with Gasteiger partial charge in [-0.05, 0) is 18.6 Å². The number of aryl methyl sites for hydroxylation is 1. The normalized spacial score (nSPS) is 9.21. The Morgan fingerprint density at radius 1 is 1.50 bits per heavy atom. The van der Waals surface area contributed by atoms with Crippen molar-refractivity contribution in [2.75, 3.05) is 0 Å². The third-order valence-corrected chi connectivity index (χ3v) is 1.99. The van der Waals surface area contributed by atoms with Crippen LogP contribution in [0.1, 0.15) is 5.56 Å². The van der Waals surface area contributed by atoms with Crippen LogP contribution in [0.4, 0.5) is 0 Å². The van der Waals surface area contributed by atoms with Gasteiger partial charge in [-0.1, -0.05) is 37.0 Å². The summed E-state index contributed by atoms with van der Waals surface area (Å²) in [6.45, 7) is 5.33. The Morgan fingerprint density at radius 3 is 2.71 bits per heavy atom. The van der Waals surface area contributed by atoms with E-state index in [2.05, 4.69) is 18.8 Å². The molecule has 0 amide bonds. The first-order valence-corrected chi connectivity index (χ1v) is 4.54. The number of hydrogen-bond acceptors (Lipinski definition) is 3. The predicted octanol–water partition coefficient (Wildman–Crippen LogP) is 2.46. The monoisotopic (exact) mass is 206 g/mol. The molecule has 0 fully saturated rings. The molecule has 0 aromatic heterocycles. The van der Waals surface area contributed by atoms with E-state index in [4.69, 9.17) is 4.74 Å². The molecule has 0 atom stereocenters. The number of thiocarbonyl (C=S) groups is 1. The number of carbonyl (C=O) groups is 1. The summed E-state index contributed by atoms with van der Waals surface area (Å²) >= 11 is 4.57. The minimum Gasteiger partial charge on any atom is -0.423 e. The van der Waals surface area contributed by atoms with Crippen LogP contribution in [-0.4, -0.2) is 11.3 Å². The molecule has 1 aromatic carbocycles. The van der Waals surface area contributed by atoms with Crippen molar-refractivity contribution in [1.29, 1.82) is 0 Å². The van der Waals surface area contributed by atoms with Gasteiger partial charge in [0.15, 0.2) is 0 Å². The van der Waals surface area contributed by atoms with Crippen molar-refractivity contribution in [2.45, 2.75) is 6.92 Å². The fourth-order valence-electron chi connectivity index (χ4n) is 0.884. The van der Waals surface area contributed by atoms with Gasteiger partial charge in [0.25, 0.3) is 0 Å². The van der Waals surface area contributed by atoms with E-state index in [9.17, 15) is 4.79 Å². The number of esters is 1. The van der Waals surface area contributed by atoms with Gasteiger partial charge in [-0.25, -0.2) is 4.79 Å². The molecular weight excluding hydrogens is 196 g/mol. The third-order valence-electron chi connectivity index (χ3n) is 1.70. The van der Waals surface area contributed by atoms with Gasteiger partial charge in [0.1, 0.15) is 5.75 Å². The van der Waals surface area contributed by atoms with E-state index in [1.54, 1.807) is 12.1 Å². The van der Waals surface area contributed by atoms with Gasteiger partial charge in [-0.2, -0.15) is 0 Å². The first-order chi connectivity index (χ1) is 6.65. The second-order valence-electron chi connectivity index (χ2n) is 2.80. The van der Waals surface area contributed by atoms with Crippen molar-refractivity contribution in [2.24, 2.45) is 0 Å². The minimum atomic E-state index is -0.505. The summed E-state index contributed by atoms with van der Waals surface area (Å²) in [5.41, 5.74) is 1.08. The van der Waals surface area contributed by atoms with Crippen LogP contribution in [0.2, 0.25) is 0 Å². The molecule has 72 valence electrons. The predicted molar refractivity (Wildman–Crippen MR) is 59.6 cm³/mol. The SMILES string of the molecule is C=C(C=S)C(=O)Oc1ccccc1C. The maximum atomic E-state index is 11.3. The van der Waals surface area contributed by atoms with Crippen LogP contribution in [0.25, 0.3) is 0 Å². The van der Waals surface area contributed by atoms with Crippen LogP contribution >= 0.6 is 12.2 Å². The molecule has 0 N–H and O–H groups in total. The van der Waals surface area contributed by atoms with E-state index in [-0.39, 0.29) is 5.57 Å². The largest absolute Gasteiger partial charge is 0.423 e. The van der Waals surface area contributed by atoms with Crippen LogP contribution < -0.4 is 4.74 Å². The molecule has 3 heteroatoms. The van der Waals surface area contributed by atoms with Crippen LogP contribution in [0.15, 0.2) is 36.4 Å². The highest BCUT2D eigenvalue weighted by Crippen LogP contribution is 2.16. The molecule has 0 saturated carbocycles. The zero-order valence-corrected chi connectivity index (χ0v) is 8.64. The Kier molecular flexibility index (Phi) is 3.54. The molecule has 1 rings (SSSR count). The summed E-state index contributed by atoms with van der Waals surface area (Å²) in [6.07, 6.45) is 0. The average Bonchev–Trinajstić information content (AvgIpc) is 2.20. The van der Waals surface area contributed by atoms with Crippen LogP contribution in [-0.2, 0) is 4.79 Å². The number of carbonyl (C=O) groups excluding carboxylic acids is 1.